The van der Waals surface area contributed by atoms with Gasteiger partial charge in [0, 0.05) is 30.9 Å². The largest absolute Gasteiger partial charge is 0.491 e. The number of carbonyl (C=O) groups excluding carboxylic acids is 1. The zero-order valence-corrected chi connectivity index (χ0v) is 19.5. The van der Waals surface area contributed by atoms with Crippen molar-refractivity contribution in [3.05, 3.63) is 41.5 Å². The van der Waals surface area contributed by atoms with Crippen molar-refractivity contribution in [1.29, 1.82) is 0 Å². The molecule has 0 aromatic carbocycles. The van der Waals surface area contributed by atoms with Gasteiger partial charge < -0.3 is 30.1 Å². The summed E-state index contributed by atoms with van der Waals surface area (Å²) in [7, 11) is 2.45. The maximum Gasteiger partial charge on any atom is 0.149 e. The highest BCUT2D eigenvalue weighted by Crippen LogP contribution is 2.29. The average molecular weight is 431 g/mol. The van der Waals surface area contributed by atoms with Crippen LogP contribution >= 0.6 is 0 Å². The lowest BCUT2D eigenvalue weighted by Gasteiger charge is -2.28. The van der Waals surface area contributed by atoms with Crippen LogP contribution < -0.4 is 11.1 Å². The van der Waals surface area contributed by atoms with E-state index in [9.17, 15) is 9.90 Å². The number of nitrogens with zero attached hydrogens (tertiary/aromatic N) is 1. The molecule has 6 atom stereocenters. The Labute approximate surface area is 187 Å². The third-order valence-corrected chi connectivity index (χ3v) is 5.64. The van der Waals surface area contributed by atoms with Crippen molar-refractivity contribution in [2.24, 2.45) is 28.5 Å². The van der Waals surface area contributed by atoms with Gasteiger partial charge in [-0.15, -0.1) is 5.73 Å². The minimum atomic E-state index is -0.635. The van der Waals surface area contributed by atoms with Gasteiger partial charge in [0.05, 0.1) is 25.3 Å². The molecule has 0 heterocycles. The van der Waals surface area contributed by atoms with Crippen LogP contribution in [0, 0.1) is 17.8 Å². The number of nitrogens with one attached hydrogen (secondary N) is 1. The number of aliphatic imine (C=N–C) groups is 1. The maximum atomic E-state index is 12.1. The van der Waals surface area contributed by atoms with E-state index in [-0.39, 0.29) is 30.3 Å². The van der Waals surface area contributed by atoms with E-state index in [2.05, 4.69) is 36.7 Å². The quantitative estimate of drug-likeness (QED) is 0.126. The summed E-state index contributed by atoms with van der Waals surface area (Å²) >= 11 is 0. The summed E-state index contributed by atoms with van der Waals surface area (Å²) in [6, 6.07) is -1.11. The fourth-order valence-corrected chi connectivity index (χ4v) is 3.51. The summed E-state index contributed by atoms with van der Waals surface area (Å²) in [4.78, 5) is 16.7. The number of ether oxygens (including phenoxy) is 2. The molecule has 31 heavy (non-hydrogen) atoms. The summed E-state index contributed by atoms with van der Waals surface area (Å²) in [6.45, 7) is 8.87. The minimum Gasteiger partial charge on any atom is -0.491 e. The first-order chi connectivity index (χ1) is 14.9. The van der Waals surface area contributed by atoms with E-state index in [1.807, 2.05) is 19.1 Å². The van der Waals surface area contributed by atoms with E-state index in [0.29, 0.717) is 19.0 Å². The van der Waals surface area contributed by atoms with Crippen LogP contribution in [0.3, 0.4) is 0 Å². The fraction of sp³-hybridized carbons (Fsp3) is 0.609. The lowest BCUT2D eigenvalue weighted by molar-refractivity contribution is -0.109. The Morgan fingerprint density at radius 3 is 2.74 bits per heavy atom. The highest BCUT2D eigenvalue weighted by molar-refractivity contribution is 6.36. The van der Waals surface area contributed by atoms with Crippen LogP contribution in [-0.4, -0.2) is 69.8 Å². The standard InChI is InChI=1S/C23H38BN3O4/c1-16-7-6-8-21(31-12-11-30-5)22(18(16)3)20(15-29)27-19(14-28)13-26-23(24-4)17(2)9-10-25/h7-10,13,15-20,23-24,27-28H,11-12,14,25H2,1-5H3/b10-9+,26-13+/t16?,17-,18+,19?,20?,23?/m0/s1. The van der Waals surface area contributed by atoms with Gasteiger partial charge in [0.15, 0.2) is 0 Å². The van der Waals surface area contributed by atoms with E-state index in [1.165, 1.54) is 6.20 Å². The molecule has 0 amide bonds. The van der Waals surface area contributed by atoms with Crippen LogP contribution in [-0.2, 0) is 14.3 Å². The smallest absolute Gasteiger partial charge is 0.149 e. The molecule has 0 aliphatic heterocycles. The van der Waals surface area contributed by atoms with Crippen molar-refractivity contribution in [2.75, 3.05) is 26.9 Å². The first-order valence-corrected chi connectivity index (χ1v) is 11.0. The molecule has 0 bridgehead atoms. The Balaban J connectivity index is 3.13. The van der Waals surface area contributed by atoms with Gasteiger partial charge in [0.25, 0.3) is 0 Å². The van der Waals surface area contributed by atoms with E-state index in [1.54, 1.807) is 19.4 Å². The van der Waals surface area contributed by atoms with E-state index >= 15 is 0 Å². The summed E-state index contributed by atoms with van der Waals surface area (Å²) in [5, 5.41) is 13.1. The second-order valence-electron chi connectivity index (χ2n) is 7.87. The van der Waals surface area contributed by atoms with Crippen molar-refractivity contribution < 1.29 is 19.4 Å². The average Bonchev–Trinajstić information content (AvgIpc) is 2.90. The molecule has 0 saturated carbocycles. The minimum absolute atomic E-state index is 0.0425. The highest BCUT2D eigenvalue weighted by atomic mass is 16.5. The number of aldehydes is 1. The molecule has 1 rings (SSSR count). The van der Waals surface area contributed by atoms with Crippen LogP contribution in [0.1, 0.15) is 20.8 Å². The molecule has 0 radical (unpaired) electrons. The number of hydrogen-bond acceptors (Lipinski definition) is 7. The molecule has 172 valence electrons. The molecule has 0 aromatic heterocycles. The molecular formula is C23H38BN3O4. The summed E-state index contributed by atoms with van der Waals surface area (Å²) < 4.78 is 11.0. The first kappa shape index (κ1) is 26.9. The Morgan fingerprint density at radius 1 is 1.42 bits per heavy atom. The predicted molar refractivity (Wildman–Crippen MR) is 127 cm³/mol. The van der Waals surface area contributed by atoms with Crippen LogP contribution in [0.4, 0.5) is 0 Å². The maximum absolute atomic E-state index is 12.1. The van der Waals surface area contributed by atoms with Gasteiger partial charge in [-0.2, -0.15) is 0 Å². The molecule has 8 heteroatoms. The zero-order valence-electron chi connectivity index (χ0n) is 19.5. The molecular weight excluding hydrogens is 393 g/mol. The van der Waals surface area contributed by atoms with Crippen LogP contribution in [0.15, 0.2) is 46.5 Å². The summed E-state index contributed by atoms with van der Waals surface area (Å²) in [5.74, 6) is 1.04. The number of rotatable bonds is 14. The highest BCUT2D eigenvalue weighted by Gasteiger charge is 2.29. The third kappa shape index (κ3) is 8.50. The summed E-state index contributed by atoms with van der Waals surface area (Å²) in [5.41, 5.74) is 9.48. The van der Waals surface area contributed by atoms with Crippen LogP contribution in [0.25, 0.3) is 0 Å². The topological polar surface area (TPSA) is 106 Å². The fourth-order valence-electron chi connectivity index (χ4n) is 3.51. The molecule has 7 nitrogen and oxygen atoms in total. The van der Waals surface area contributed by atoms with Crippen LogP contribution in [0.2, 0.25) is 6.82 Å². The van der Waals surface area contributed by atoms with Crippen LogP contribution in [0.5, 0.6) is 0 Å². The third-order valence-electron chi connectivity index (χ3n) is 5.64. The zero-order chi connectivity index (χ0) is 23.2. The van der Waals surface area contributed by atoms with Crippen molar-refractivity contribution in [1.82, 2.24) is 5.32 Å². The van der Waals surface area contributed by atoms with Gasteiger partial charge in [0.1, 0.15) is 25.9 Å². The van der Waals surface area contributed by atoms with Crippen molar-refractivity contribution in [2.45, 2.75) is 45.6 Å². The molecule has 0 spiro atoms. The molecule has 4 unspecified atom stereocenters. The number of hydrogen-bond donors (Lipinski definition) is 3. The van der Waals surface area contributed by atoms with Gasteiger partial charge >= 0.3 is 0 Å². The number of aliphatic hydroxyl groups excluding tert-OH is 1. The normalized spacial score (nSPS) is 23.0. The van der Waals surface area contributed by atoms with Crippen molar-refractivity contribution in [3.63, 3.8) is 0 Å². The Morgan fingerprint density at radius 2 is 2.16 bits per heavy atom. The number of carbonyl (C=O) groups is 1. The molecule has 1 aliphatic rings. The summed E-state index contributed by atoms with van der Waals surface area (Å²) in [6.07, 6.45) is 9.72. The van der Waals surface area contributed by atoms with Crippen molar-refractivity contribution in [3.8, 4) is 0 Å². The second kappa shape index (κ2) is 14.8. The monoisotopic (exact) mass is 431 g/mol. The Kier molecular flexibility index (Phi) is 12.9. The lowest BCUT2D eigenvalue weighted by atomic mass is 9.67. The Hall–Kier alpha value is -2.12. The number of methoxy groups -OCH3 is 1. The molecule has 0 saturated heterocycles. The second-order valence-corrected chi connectivity index (χ2v) is 7.87. The molecule has 4 N–H and O–H groups in total. The molecule has 1 aliphatic carbocycles. The van der Waals surface area contributed by atoms with Gasteiger partial charge in [-0.3, -0.25) is 5.32 Å². The van der Waals surface area contributed by atoms with Gasteiger partial charge in [0.2, 0.25) is 0 Å². The van der Waals surface area contributed by atoms with E-state index in [0.717, 1.165) is 19.1 Å². The van der Waals surface area contributed by atoms with Gasteiger partial charge in [-0.1, -0.05) is 33.7 Å². The molecule has 0 fully saturated rings. The van der Waals surface area contributed by atoms with E-state index < -0.39 is 12.1 Å². The number of nitrogens with two attached hydrogens (primary N) is 1. The first-order valence-electron chi connectivity index (χ1n) is 11.0. The van der Waals surface area contributed by atoms with Gasteiger partial charge in [-0.25, -0.2) is 0 Å². The number of allylic oxidation sites excluding steroid dienone is 1. The van der Waals surface area contributed by atoms with Crippen molar-refractivity contribution >= 4 is 19.8 Å². The SMILES string of the molecule is CBC(/N=C/C(CO)NC(C=O)C1=C(OCCOC)C=C=CC(C)[C@H]1C)[C@@H](C)/C=C/N. The van der Waals surface area contributed by atoms with E-state index in [4.69, 9.17) is 15.2 Å². The lowest BCUT2D eigenvalue weighted by Crippen LogP contribution is -2.45. The number of aliphatic hydroxyl groups is 1. The Bertz CT molecular complexity index is 701. The predicted octanol–water partition coefficient (Wildman–Crippen LogP) is 1.41. The van der Waals surface area contributed by atoms with Gasteiger partial charge in [-0.05, 0) is 30.0 Å². The molecule has 0 aromatic rings.